The minimum Gasteiger partial charge on any atom is -0.310 e. The van der Waals surface area contributed by atoms with E-state index in [-0.39, 0.29) is 12.5 Å². The predicted octanol–water partition coefficient (Wildman–Crippen LogP) is 1.96. The SMILES string of the molecule is O=C(CN1CCN(CC(F)(F)F)CC1)Nc1cc(Br)ccn1. The van der Waals surface area contributed by atoms with Crippen LogP contribution >= 0.6 is 15.9 Å². The fourth-order valence-electron chi connectivity index (χ4n) is 2.22. The maximum Gasteiger partial charge on any atom is 0.401 e. The van der Waals surface area contributed by atoms with Crippen LogP contribution in [0.5, 0.6) is 0 Å². The first-order chi connectivity index (χ1) is 10.3. The van der Waals surface area contributed by atoms with Gasteiger partial charge in [-0.25, -0.2) is 4.98 Å². The second-order valence-electron chi connectivity index (χ2n) is 5.07. The number of alkyl halides is 3. The lowest BCUT2D eigenvalue weighted by Gasteiger charge is -2.34. The first-order valence-corrected chi connectivity index (χ1v) is 7.54. The molecule has 9 heteroatoms. The highest BCUT2D eigenvalue weighted by molar-refractivity contribution is 9.10. The third-order valence-electron chi connectivity index (χ3n) is 3.22. The average Bonchev–Trinajstić information content (AvgIpc) is 2.39. The van der Waals surface area contributed by atoms with E-state index in [9.17, 15) is 18.0 Å². The van der Waals surface area contributed by atoms with E-state index in [2.05, 4.69) is 26.2 Å². The highest BCUT2D eigenvalue weighted by atomic mass is 79.9. The van der Waals surface area contributed by atoms with Gasteiger partial charge in [0.15, 0.2) is 0 Å². The number of halogens is 4. The molecule has 0 spiro atoms. The highest BCUT2D eigenvalue weighted by Gasteiger charge is 2.32. The molecule has 0 atom stereocenters. The molecule has 0 unspecified atom stereocenters. The van der Waals surface area contributed by atoms with Crippen LogP contribution in [0.4, 0.5) is 19.0 Å². The van der Waals surface area contributed by atoms with Gasteiger partial charge < -0.3 is 5.32 Å². The number of carbonyl (C=O) groups is 1. The van der Waals surface area contributed by atoms with Crippen molar-refractivity contribution in [1.29, 1.82) is 0 Å². The molecule has 2 rings (SSSR count). The van der Waals surface area contributed by atoms with Crippen molar-refractivity contribution in [3.05, 3.63) is 22.8 Å². The molecule has 1 aromatic rings. The monoisotopic (exact) mass is 380 g/mol. The molecule has 1 amide bonds. The Hall–Kier alpha value is -1.19. The van der Waals surface area contributed by atoms with Gasteiger partial charge in [-0.3, -0.25) is 14.6 Å². The normalized spacial score (nSPS) is 17.5. The summed E-state index contributed by atoms with van der Waals surface area (Å²) in [6.07, 6.45) is -2.61. The van der Waals surface area contributed by atoms with Crippen molar-refractivity contribution in [2.24, 2.45) is 0 Å². The quantitative estimate of drug-likeness (QED) is 0.867. The molecule has 1 fully saturated rings. The number of piperazine rings is 1. The van der Waals surface area contributed by atoms with Crippen molar-refractivity contribution in [1.82, 2.24) is 14.8 Å². The van der Waals surface area contributed by atoms with Crippen molar-refractivity contribution >= 4 is 27.7 Å². The van der Waals surface area contributed by atoms with Crippen LogP contribution in [0.3, 0.4) is 0 Å². The molecule has 0 saturated carbocycles. The number of hydrogen-bond acceptors (Lipinski definition) is 4. The molecule has 2 heterocycles. The zero-order chi connectivity index (χ0) is 16.2. The van der Waals surface area contributed by atoms with Gasteiger partial charge >= 0.3 is 6.18 Å². The molecule has 22 heavy (non-hydrogen) atoms. The zero-order valence-electron chi connectivity index (χ0n) is 11.7. The predicted molar refractivity (Wildman–Crippen MR) is 79.5 cm³/mol. The van der Waals surface area contributed by atoms with Crippen LogP contribution in [0.2, 0.25) is 0 Å². The minimum atomic E-state index is -4.17. The van der Waals surface area contributed by atoms with Crippen molar-refractivity contribution < 1.29 is 18.0 Å². The first-order valence-electron chi connectivity index (χ1n) is 6.75. The van der Waals surface area contributed by atoms with Gasteiger partial charge in [0.05, 0.1) is 13.1 Å². The smallest absolute Gasteiger partial charge is 0.310 e. The number of aromatic nitrogens is 1. The van der Waals surface area contributed by atoms with Gasteiger partial charge in [0.25, 0.3) is 0 Å². The second-order valence-corrected chi connectivity index (χ2v) is 5.99. The largest absolute Gasteiger partial charge is 0.401 e. The lowest BCUT2D eigenvalue weighted by molar-refractivity contribution is -0.149. The summed E-state index contributed by atoms with van der Waals surface area (Å²) in [7, 11) is 0. The number of nitrogens with zero attached hydrogens (tertiary/aromatic N) is 3. The summed E-state index contributed by atoms with van der Waals surface area (Å²) in [4.78, 5) is 19.1. The zero-order valence-corrected chi connectivity index (χ0v) is 13.3. The Labute approximate surface area is 134 Å². The third kappa shape index (κ3) is 5.90. The molecule has 1 saturated heterocycles. The van der Waals surface area contributed by atoms with E-state index in [1.54, 1.807) is 18.3 Å². The fraction of sp³-hybridized carbons (Fsp3) is 0.538. The van der Waals surface area contributed by atoms with Crippen LogP contribution in [0, 0.1) is 0 Å². The van der Waals surface area contributed by atoms with Crippen molar-refractivity contribution in [3.63, 3.8) is 0 Å². The standard InChI is InChI=1S/C13H16BrF3N4O/c14-10-1-2-18-11(7-10)19-12(22)8-20-3-5-21(6-4-20)9-13(15,16)17/h1-2,7H,3-6,8-9H2,(H,18,19,22). The van der Waals surface area contributed by atoms with Gasteiger partial charge in [0.2, 0.25) is 5.91 Å². The third-order valence-corrected chi connectivity index (χ3v) is 3.72. The Morgan fingerprint density at radius 1 is 1.27 bits per heavy atom. The molecule has 1 aliphatic heterocycles. The van der Waals surface area contributed by atoms with Gasteiger partial charge in [-0.2, -0.15) is 13.2 Å². The van der Waals surface area contributed by atoms with E-state index in [1.807, 2.05) is 4.90 Å². The number of hydrogen-bond donors (Lipinski definition) is 1. The molecule has 1 aliphatic rings. The van der Waals surface area contributed by atoms with E-state index in [4.69, 9.17) is 0 Å². The topological polar surface area (TPSA) is 48.5 Å². The molecule has 0 bridgehead atoms. The number of rotatable bonds is 4. The van der Waals surface area contributed by atoms with Crippen LogP contribution in [0.25, 0.3) is 0 Å². The van der Waals surface area contributed by atoms with Crippen LogP contribution in [-0.2, 0) is 4.79 Å². The van der Waals surface area contributed by atoms with Gasteiger partial charge in [-0.15, -0.1) is 0 Å². The van der Waals surface area contributed by atoms with Crippen molar-refractivity contribution in [2.45, 2.75) is 6.18 Å². The second kappa shape index (κ2) is 7.38. The molecular formula is C13H16BrF3N4O. The number of amides is 1. The van der Waals surface area contributed by atoms with Crippen molar-refractivity contribution in [2.75, 3.05) is 44.6 Å². The summed E-state index contributed by atoms with van der Waals surface area (Å²) in [6, 6.07) is 3.43. The Morgan fingerprint density at radius 3 is 2.50 bits per heavy atom. The summed E-state index contributed by atoms with van der Waals surface area (Å²) in [5.74, 6) is 0.213. The van der Waals surface area contributed by atoms with Gasteiger partial charge in [-0.1, -0.05) is 15.9 Å². The van der Waals surface area contributed by atoms with Crippen LogP contribution in [0.15, 0.2) is 22.8 Å². The van der Waals surface area contributed by atoms with Crippen molar-refractivity contribution in [3.8, 4) is 0 Å². The molecule has 0 radical (unpaired) electrons. The summed E-state index contributed by atoms with van der Waals surface area (Å²) >= 11 is 3.28. The summed E-state index contributed by atoms with van der Waals surface area (Å²) in [5.41, 5.74) is 0. The van der Waals surface area contributed by atoms with E-state index in [0.29, 0.717) is 32.0 Å². The summed E-state index contributed by atoms with van der Waals surface area (Å²) in [5, 5.41) is 2.66. The number of pyridine rings is 1. The van der Waals surface area contributed by atoms with E-state index >= 15 is 0 Å². The fourth-order valence-corrected chi connectivity index (χ4v) is 2.55. The Kier molecular flexibility index (Phi) is 5.76. The van der Waals surface area contributed by atoms with Crippen LogP contribution in [-0.4, -0.2) is 66.1 Å². The van der Waals surface area contributed by atoms with Gasteiger partial charge in [-0.05, 0) is 12.1 Å². The minimum absolute atomic E-state index is 0.147. The van der Waals surface area contributed by atoms with E-state index < -0.39 is 12.7 Å². The molecule has 122 valence electrons. The van der Waals surface area contributed by atoms with Crippen LogP contribution < -0.4 is 5.32 Å². The Morgan fingerprint density at radius 2 is 1.91 bits per heavy atom. The molecule has 0 aliphatic carbocycles. The average molecular weight is 381 g/mol. The number of carbonyl (C=O) groups excluding carboxylic acids is 1. The molecule has 1 aromatic heterocycles. The van der Waals surface area contributed by atoms with Crippen LogP contribution in [0.1, 0.15) is 0 Å². The highest BCUT2D eigenvalue weighted by Crippen LogP contribution is 2.17. The molecule has 1 N–H and O–H groups in total. The van der Waals surface area contributed by atoms with Gasteiger partial charge in [0, 0.05) is 36.8 Å². The van der Waals surface area contributed by atoms with E-state index in [1.165, 1.54) is 4.90 Å². The summed E-state index contributed by atoms with van der Waals surface area (Å²) < 4.78 is 37.7. The Bertz CT molecular complexity index is 518. The number of anilines is 1. The molecule has 5 nitrogen and oxygen atoms in total. The van der Waals surface area contributed by atoms with Gasteiger partial charge in [0.1, 0.15) is 5.82 Å². The molecular weight excluding hydrogens is 365 g/mol. The lowest BCUT2D eigenvalue weighted by atomic mass is 10.3. The maximum absolute atomic E-state index is 12.3. The Balaban J connectivity index is 1.75. The molecule has 0 aromatic carbocycles. The van der Waals surface area contributed by atoms with E-state index in [0.717, 1.165) is 4.47 Å². The summed E-state index contributed by atoms with van der Waals surface area (Å²) in [6.45, 7) is 0.748. The lowest BCUT2D eigenvalue weighted by Crippen LogP contribution is -2.50. The first kappa shape index (κ1) is 17.2. The maximum atomic E-state index is 12.3. The number of nitrogens with one attached hydrogen (secondary N) is 1.